The van der Waals surface area contributed by atoms with Crippen LogP contribution in [0.1, 0.15) is 21.8 Å². The van der Waals surface area contributed by atoms with Gasteiger partial charge < -0.3 is 9.73 Å². The summed E-state index contributed by atoms with van der Waals surface area (Å²) in [6.45, 7) is 0.329. The Morgan fingerprint density at radius 1 is 1.20 bits per heavy atom. The van der Waals surface area contributed by atoms with E-state index in [9.17, 15) is 9.59 Å². The van der Waals surface area contributed by atoms with E-state index in [0.717, 1.165) is 0 Å². The summed E-state index contributed by atoms with van der Waals surface area (Å²) >= 11 is 7.07. The third-order valence-electron chi connectivity index (χ3n) is 3.26. The number of aromatic nitrogens is 1. The topological polar surface area (TPSA) is 84.2 Å². The molecule has 3 rings (SSSR count). The number of amides is 2. The van der Waals surface area contributed by atoms with E-state index < -0.39 is 0 Å². The van der Waals surface area contributed by atoms with Gasteiger partial charge in [-0.2, -0.15) is 0 Å². The van der Waals surface area contributed by atoms with Gasteiger partial charge in [-0.25, -0.2) is 4.98 Å². The molecule has 0 saturated carbocycles. The van der Waals surface area contributed by atoms with Crippen LogP contribution in [0.4, 0.5) is 5.13 Å². The van der Waals surface area contributed by atoms with Crippen molar-refractivity contribution in [2.24, 2.45) is 0 Å². The molecule has 0 radical (unpaired) electrons. The Balaban J connectivity index is 1.52. The zero-order chi connectivity index (χ0) is 17.6. The predicted octanol–water partition coefficient (Wildman–Crippen LogP) is 3.50. The summed E-state index contributed by atoms with van der Waals surface area (Å²) in [5.41, 5.74) is 1.07. The number of hydrogen-bond donors (Lipinski definition) is 2. The predicted molar refractivity (Wildman–Crippen MR) is 95.8 cm³/mol. The van der Waals surface area contributed by atoms with Crippen LogP contribution in [0.5, 0.6) is 0 Å². The van der Waals surface area contributed by atoms with E-state index in [2.05, 4.69) is 15.6 Å². The molecule has 25 heavy (non-hydrogen) atoms. The van der Waals surface area contributed by atoms with Gasteiger partial charge in [0.05, 0.1) is 24.9 Å². The fourth-order valence-electron chi connectivity index (χ4n) is 2.04. The van der Waals surface area contributed by atoms with Crippen molar-refractivity contribution in [2.75, 3.05) is 5.32 Å². The highest BCUT2D eigenvalue weighted by Crippen LogP contribution is 2.18. The molecule has 0 aliphatic carbocycles. The van der Waals surface area contributed by atoms with Gasteiger partial charge in [0, 0.05) is 16.0 Å². The molecule has 0 fully saturated rings. The lowest BCUT2D eigenvalue weighted by Crippen LogP contribution is -2.24. The number of hydrogen-bond acceptors (Lipinski definition) is 5. The van der Waals surface area contributed by atoms with Crippen LogP contribution in [0, 0.1) is 0 Å². The van der Waals surface area contributed by atoms with Gasteiger partial charge in [-0.1, -0.05) is 11.6 Å². The number of furan rings is 1. The van der Waals surface area contributed by atoms with Gasteiger partial charge in [0.2, 0.25) is 5.91 Å². The normalized spacial score (nSPS) is 10.4. The van der Waals surface area contributed by atoms with E-state index in [1.807, 2.05) is 0 Å². The van der Waals surface area contributed by atoms with Crippen LogP contribution in [0.2, 0.25) is 5.02 Å². The van der Waals surface area contributed by atoms with Crippen molar-refractivity contribution in [1.82, 2.24) is 10.3 Å². The van der Waals surface area contributed by atoms with Crippen molar-refractivity contribution in [1.29, 1.82) is 0 Å². The minimum absolute atomic E-state index is 0.133. The summed E-state index contributed by atoms with van der Waals surface area (Å²) in [7, 11) is 0. The summed E-state index contributed by atoms with van der Waals surface area (Å²) in [4.78, 5) is 28.3. The maximum atomic E-state index is 12.1. The Kier molecular flexibility index (Phi) is 5.47. The van der Waals surface area contributed by atoms with Crippen LogP contribution >= 0.6 is 22.9 Å². The smallest absolute Gasteiger partial charge is 0.257 e. The fourth-order valence-corrected chi connectivity index (χ4v) is 2.87. The number of rotatable bonds is 6. The molecule has 0 bridgehead atoms. The molecular weight excluding hydrogens is 362 g/mol. The molecule has 8 heteroatoms. The zero-order valence-electron chi connectivity index (χ0n) is 13.0. The Bertz CT molecular complexity index is 860. The van der Waals surface area contributed by atoms with Crippen LogP contribution in [0.3, 0.4) is 0 Å². The number of carbonyl (C=O) groups is 2. The molecule has 2 aromatic heterocycles. The Morgan fingerprint density at radius 2 is 2.00 bits per heavy atom. The monoisotopic (exact) mass is 375 g/mol. The molecule has 0 saturated heterocycles. The number of anilines is 1. The minimum atomic E-state index is -0.278. The van der Waals surface area contributed by atoms with Gasteiger partial charge in [0.1, 0.15) is 5.76 Å². The van der Waals surface area contributed by atoms with E-state index in [4.69, 9.17) is 16.0 Å². The molecule has 0 aliphatic rings. The van der Waals surface area contributed by atoms with Gasteiger partial charge in [0.25, 0.3) is 5.91 Å². The Morgan fingerprint density at radius 3 is 2.72 bits per heavy atom. The number of nitrogens with zero attached hydrogens (tertiary/aromatic N) is 1. The summed E-state index contributed by atoms with van der Waals surface area (Å²) in [5.74, 6) is 0.236. The average molecular weight is 376 g/mol. The first-order valence-electron chi connectivity index (χ1n) is 7.40. The van der Waals surface area contributed by atoms with Crippen molar-refractivity contribution < 1.29 is 14.0 Å². The second-order valence-electron chi connectivity index (χ2n) is 5.14. The first-order valence-corrected chi connectivity index (χ1v) is 8.66. The average Bonchev–Trinajstić information content (AvgIpc) is 3.25. The summed E-state index contributed by atoms with van der Waals surface area (Å²) in [6.07, 6.45) is 1.69. The summed E-state index contributed by atoms with van der Waals surface area (Å²) < 4.78 is 5.15. The zero-order valence-corrected chi connectivity index (χ0v) is 14.6. The Hall–Kier alpha value is -2.64. The largest absolute Gasteiger partial charge is 0.467 e. The highest BCUT2D eigenvalue weighted by Gasteiger charge is 2.11. The van der Waals surface area contributed by atoms with Gasteiger partial charge >= 0.3 is 0 Å². The Labute approximate surface area is 152 Å². The maximum Gasteiger partial charge on any atom is 0.257 e. The van der Waals surface area contributed by atoms with Crippen molar-refractivity contribution in [3.8, 4) is 0 Å². The maximum absolute atomic E-state index is 12.1. The summed E-state index contributed by atoms with van der Waals surface area (Å²) in [6, 6.07) is 10.1. The standard InChI is InChI=1S/C17H14ClN3O3S/c18-12-5-3-11(4-6-12)16(23)21-17-20-13(10-25-17)8-15(22)19-9-14-2-1-7-24-14/h1-7,10H,8-9H2,(H,19,22)(H,20,21,23). The number of thiazole rings is 1. The van der Waals surface area contributed by atoms with E-state index in [0.29, 0.717) is 33.7 Å². The van der Waals surface area contributed by atoms with Crippen molar-refractivity contribution >= 4 is 39.9 Å². The molecular formula is C17H14ClN3O3S. The first-order chi connectivity index (χ1) is 12.1. The quantitative estimate of drug-likeness (QED) is 0.690. The van der Waals surface area contributed by atoms with E-state index in [1.54, 1.807) is 48.0 Å². The van der Waals surface area contributed by atoms with Gasteiger partial charge in [-0.15, -0.1) is 11.3 Å². The third-order valence-corrected chi connectivity index (χ3v) is 4.32. The van der Waals surface area contributed by atoms with Crippen LogP contribution < -0.4 is 10.6 Å². The highest BCUT2D eigenvalue weighted by atomic mass is 35.5. The molecule has 0 atom stereocenters. The molecule has 0 aliphatic heterocycles. The lowest BCUT2D eigenvalue weighted by Gasteiger charge is -2.02. The number of benzene rings is 1. The van der Waals surface area contributed by atoms with Crippen LogP contribution in [-0.4, -0.2) is 16.8 Å². The van der Waals surface area contributed by atoms with Crippen molar-refractivity contribution in [2.45, 2.75) is 13.0 Å². The molecule has 0 unspecified atom stereocenters. The molecule has 2 N–H and O–H groups in total. The van der Waals surface area contributed by atoms with Crippen LogP contribution in [0.25, 0.3) is 0 Å². The molecule has 1 aromatic carbocycles. The fraction of sp³-hybridized carbons (Fsp3) is 0.118. The SMILES string of the molecule is O=C(Cc1csc(NC(=O)c2ccc(Cl)cc2)n1)NCc1ccco1. The molecule has 2 heterocycles. The molecule has 2 amide bonds. The molecule has 6 nitrogen and oxygen atoms in total. The third kappa shape index (κ3) is 4.91. The van der Waals surface area contributed by atoms with E-state index >= 15 is 0 Å². The van der Waals surface area contributed by atoms with E-state index in [-0.39, 0.29) is 18.2 Å². The van der Waals surface area contributed by atoms with Crippen LogP contribution in [-0.2, 0) is 17.8 Å². The second kappa shape index (κ2) is 7.96. The number of nitrogens with one attached hydrogen (secondary N) is 2. The van der Waals surface area contributed by atoms with Gasteiger partial charge in [-0.3, -0.25) is 14.9 Å². The van der Waals surface area contributed by atoms with Crippen molar-refractivity contribution in [3.63, 3.8) is 0 Å². The minimum Gasteiger partial charge on any atom is -0.467 e. The van der Waals surface area contributed by atoms with Gasteiger partial charge in [0.15, 0.2) is 5.13 Å². The molecule has 3 aromatic rings. The van der Waals surface area contributed by atoms with Crippen molar-refractivity contribution in [3.05, 3.63) is 70.1 Å². The second-order valence-corrected chi connectivity index (χ2v) is 6.43. The molecule has 128 valence electrons. The lowest BCUT2D eigenvalue weighted by molar-refractivity contribution is -0.120. The van der Waals surface area contributed by atoms with E-state index in [1.165, 1.54) is 11.3 Å². The van der Waals surface area contributed by atoms with Gasteiger partial charge in [-0.05, 0) is 36.4 Å². The van der Waals surface area contributed by atoms with Crippen LogP contribution in [0.15, 0.2) is 52.5 Å². The first kappa shape index (κ1) is 17.2. The number of carbonyl (C=O) groups excluding carboxylic acids is 2. The molecule has 0 spiro atoms. The lowest BCUT2D eigenvalue weighted by atomic mass is 10.2. The number of halogens is 1. The highest BCUT2D eigenvalue weighted by molar-refractivity contribution is 7.14. The summed E-state index contributed by atoms with van der Waals surface area (Å²) in [5, 5.41) is 8.19.